The van der Waals surface area contributed by atoms with Crippen LogP contribution in [0.25, 0.3) is 11.1 Å². The topological polar surface area (TPSA) is 140 Å². The van der Waals surface area contributed by atoms with Crippen molar-refractivity contribution in [1.82, 2.24) is 9.47 Å². The lowest BCUT2D eigenvalue weighted by atomic mass is 9.94. The highest BCUT2D eigenvalue weighted by atomic mass is 16.5. The summed E-state index contributed by atoms with van der Waals surface area (Å²) in [5, 5.41) is 5.78. The van der Waals surface area contributed by atoms with E-state index in [1.165, 1.54) is 12.7 Å². The number of nitrogens with zero attached hydrogens (tertiary/aromatic N) is 3. The molecule has 258 valence electrons. The van der Waals surface area contributed by atoms with Gasteiger partial charge in [0.2, 0.25) is 5.91 Å². The predicted octanol–water partition coefficient (Wildman–Crippen LogP) is 6.62. The number of ether oxygens (including phenoxy) is 2. The Labute approximate surface area is 295 Å². The number of aliphatic imine (C=N–C) groups is 1. The van der Waals surface area contributed by atoms with E-state index in [1.807, 2.05) is 71.8 Å². The molecule has 11 heteroatoms. The van der Waals surface area contributed by atoms with Crippen LogP contribution in [-0.4, -0.2) is 53.2 Å². The second-order valence-corrected chi connectivity index (χ2v) is 12.7. The Balaban J connectivity index is 0.920. The minimum Gasteiger partial charge on any atom is -0.493 e. The fourth-order valence-electron chi connectivity index (χ4n) is 6.44. The van der Waals surface area contributed by atoms with Crippen LogP contribution in [0.4, 0.5) is 22.7 Å². The first-order valence-electron chi connectivity index (χ1n) is 16.8. The van der Waals surface area contributed by atoms with Crippen molar-refractivity contribution in [2.24, 2.45) is 12.0 Å². The van der Waals surface area contributed by atoms with Crippen molar-refractivity contribution in [3.05, 3.63) is 120 Å². The van der Waals surface area contributed by atoms with Crippen molar-refractivity contribution in [1.29, 1.82) is 0 Å². The van der Waals surface area contributed by atoms with Crippen molar-refractivity contribution < 1.29 is 23.9 Å². The summed E-state index contributed by atoms with van der Waals surface area (Å²) in [5.41, 5.74) is 13.4. The van der Waals surface area contributed by atoms with Crippen LogP contribution in [0.5, 0.6) is 11.5 Å². The van der Waals surface area contributed by atoms with E-state index >= 15 is 0 Å². The quantitative estimate of drug-likeness (QED) is 0.112. The number of carbonyl (C=O) groups is 3. The summed E-state index contributed by atoms with van der Waals surface area (Å²) in [7, 11) is 3.28. The van der Waals surface area contributed by atoms with Crippen LogP contribution in [0.15, 0.2) is 102 Å². The molecule has 4 aromatic carbocycles. The highest BCUT2D eigenvalue weighted by Gasteiger charge is 2.33. The summed E-state index contributed by atoms with van der Waals surface area (Å²) in [6, 6.07) is 28.2. The summed E-state index contributed by atoms with van der Waals surface area (Å²) in [6.45, 7) is 0.760. The zero-order valence-electron chi connectivity index (χ0n) is 28.4. The minimum absolute atomic E-state index is 0.103. The number of nitrogen functional groups attached to an aromatic ring is 1. The number of aromatic nitrogens is 1. The molecule has 0 bridgehead atoms. The maximum atomic E-state index is 13.6. The van der Waals surface area contributed by atoms with Crippen LogP contribution in [-0.2, 0) is 24.8 Å². The van der Waals surface area contributed by atoms with Gasteiger partial charge >= 0.3 is 0 Å². The zero-order valence-corrected chi connectivity index (χ0v) is 28.4. The number of rotatable bonds is 10. The molecule has 3 amide bonds. The average Bonchev–Trinajstić information content (AvgIpc) is 3.45. The fourth-order valence-corrected chi connectivity index (χ4v) is 6.44. The lowest BCUT2D eigenvalue weighted by molar-refractivity contribution is -0.116. The Morgan fingerprint density at radius 3 is 2.37 bits per heavy atom. The van der Waals surface area contributed by atoms with E-state index in [0.717, 1.165) is 16.7 Å². The van der Waals surface area contributed by atoms with Gasteiger partial charge < -0.3 is 35.3 Å². The van der Waals surface area contributed by atoms with Gasteiger partial charge in [0.15, 0.2) is 11.5 Å². The molecule has 1 aromatic heterocycles. The number of methoxy groups -OCH3 is 1. The van der Waals surface area contributed by atoms with E-state index in [2.05, 4.69) is 27.8 Å². The number of nitrogens with two attached hydrogens (primary N) is 1. The lowest BCUT2D eigenvalue weighted by Gasteiger charge is -2.34. The Morgan fingerprint density at radius 1 is 0.902 bits per heavy atom. The SMILES string of the molecule is COc1cc2c(cc1OCCCC(=O)Nc1cc(C(=O)Nc3ccc(-c4ccc(N)cc4)cc3)n(C)c1)N=C[C@@H]1Cc3ccccc3CN1C2=O. The molecule has 0 spiro atoms. The van der Waals surface area contributed by atoms with Crippen molar-refractivity contribution >= 4 is 46.7 Å². The van der Waals surface area contributed by atoms with E-state index in [4.69, 9.17) is 15.2 Å². The number of hydrogen-bond donors (Lipinski definition) is 3. The number of fused-ring (bicyclic) bond motifs is 3. The average molecular weight is 683 g/mol. The van der Waals surface area contributed by atoms with Gasteiger partial charge in [-0.2, -0.15) is 0 Å². The van der Waals surface area contributed by atoms with Gasteiger partial charge in [-0.15, -0.1) is 0 Å². The summed E-state index contributed by atoms with van der Waals surface area (Å²) < 4.78 is 13.3. The largest absolute Gasteiger partial charge is 0.493 e. The van der Waals surface area contributed by atoms with Crippen LogP contribution in [0.2, 0.25) is 0 Å². The van der Waals surface area contributed by atoms with E-state index in [9.17, 15) is 14.4 Å². The molecule has 2 aliphatic heterocycles. The molecular formula is C40H38N6O5. The molecule has 0 saturated heterocycles. The number of aryl methyl sites for hydroxylation is 1. The predicted molar refractivity (Wildman–Crippen MR) is 198 cm³/mol. The molecular weight excluding hydrogens is 644 g/mol. The van der Waals surface area contributed by atoms with Gasteiger partial charge in [-0.25, -0.2) is 0 Å². The smallest absolute Gasteiger partial charge is 0.272 e. The highest BCUT2D eigenvalue weighted by Crippen LogP contribution is 2.38. The van der Waals surface area contributed by atoms with Crippen molar-refractivity contribution in [3.8, 4) is 22.6 Å². The summed E-state index contributed by atoms with van der Waals surface area (Å²) in [6.07, 6.45) is 4.86. The van der Waals surface area contributed by atoms with Crippen LogP contribution >= 0.6 is 0 Å². The molecule has 5 aromatic rings. The molecule has 51 heavy (non-hydrogen) atoms. The lowest BCUT2D eigenvalue weighted by Crippen LogP contribution is -2.44. The van der Waals surface area contributed by atoms with E-state index < -0.39 is 0 Å². The normalized spacial score (nSPS) is 14.5. The number of carbonyl (C=O) groups excluding carboxylic acids is 3. The third-order valence-electron chi connectivity index (χ3n) is 9.16. The zero-order chi connectivity index (χ0) is 35.5. The van der Waals surface area contributed by atoms with Gasteiger partial charge in [0.05, 0.1) is 36.7 Å². The van der Waals surface area contributed by atoms with Crippen LogP contribution in [0, 0.1) is 0 Å². The third kappa shape index (κ3) is 7.18. The maximum absolute atomic E-state index is 13.6. The molecule has 0 aliphatic carbocycles. The van der Waals surface area contributed by atoms with E-state index in [0.29, 0.717) is 64.9 Å². The van der Waals surface area contributed by atoms with E-state index in [-0.39, 0.29) is 36.8 Å². The van der Waals surface area contributed by atoms with Crippen LogP contribution < -0.4 is 25.8 Å². The van der Waals surface area contributed by atoms with Crippen molar-refractivity contribution in [3.63, 3.8) is 0 Å². The highest BCUT2D eigenvalue weighted by molar-refractivity contribution is 6.05. The number of benzene rings is 4. The van der Waals surface area contributed by atoms with Crippen molar-refractivity contribution in [2.75, 3.05) is 30.1 Å². The third-order valence-corrected chi connectivity index (χ3v) is 9.16. The van der Waals surface area contributed by atoms with Crippen LogP contribution in [0.1, 0.15) is 44.8 Å². The number of anilines is 3. The van der Waals surface area contributed by atoms with Gasteiger partial charge in [-0.1, -0.05) is 48.5 Å². The Bertz CT molecular complexity index is 2140. The minimum atomic E-state index is -0.298. The summed E-state index contributed by atoms with van der Waals surface area (Å²) in [5.74, 6) is 0.257. The van der Waals surface area contributed by atoms with E-state index in [1.54, 1.807) is 36.0 Å². The molecule has 0 unspecified atom stereocenters. The van der Waals surface area contributed by atoms with Gasteiger partial charge in [-0.05, 0) is 71.5 Å². The van der Waals surface area contributed by atoms with Gasteiger partial charge in [0, 0.05) is 49.9 Å². The first-order valence-corrected chi connectivity index (χ1v) is 16.8. The molecule has 0 radical (unpaired) electrons. The van der Waals surface area contributed by atoms with Crippen LogP contribution in [0.3, 0.4) is 0 Å². The molecule has 0 fully saturated rings. The molecule has 11 nitrogen and oxygen atoms in total. The first-order chi connectivity index (χ1) is 24.7. The molecule has 4 N–H and O–H groups in total. The van der Waals surface area contributed by atoms with Gasteiger partial charge in [0.1, 0.15) is 5.69 Å². The molecule has 0 saturated carbocycles. The second-order valence-electron chi connectivity index (χ2n) is 12.7. The molecule has 1 atom stereocenters. The summed E-state index contributed by atoms with van der Waals surface area (Å²) in [4.78, 5) is 46.0. The monoisotopic (exact) mass is 682 g/mol. The molecule has 3 heterocycles. The number of nitrogens with one attached hydrogen (secondary N) is 2. The Kier molecular flexibility index (Phi) is 9.26. The Hall–Kier alpha value is -6.36. The second kappa shape index (κ2) is 14.2. The maximum Gasteiger partial charge on any atom is 0.272 e. The molecule has 2 aliphatic rings. The number of hydrogen-bond acceptors (Lipinski definition) is 7. The standard InChI is InChI=1S/C40H38N6O5/c1-45-24-31(19-35(45)39(48)44-30-15-11-26(12-16-30)25-9-13-29(41)14-10-25)43-38(47)8-5-17-51-37-21-34-33(20-36(37)50-2)40(49)46-23-28-7-4-3-6-27(28)18-32(46)22-42-34/h3-4,6-7,9-16,19-22,24,32H,5,8,17-18,23,41H2,1-2H3,(H,43,47)(H,44,48)/t32-/m0/s1. The summed E-state index contributed by atoms with van der Waals surface area (Å²) >= 11 is 0. The van der Waals surface area contributed by atoms with Gasteiger partial charge in [0.25, 0.3) is 11.8 Å². The fraction of sp³-hybridized carbons (Fsp3) is 0.200. The number of amides is 3. The van der Waals surface area contributed by atoms with Gasteiger partial charge in [-0.3, -0.25) is 19.4 Å². The first kappa shape index (κ1) is 33.2. The Morgan fingerprint density at radius 2 is 1.63 bits per heavy atom. The van der Waals surface area contributed by atoms with Crippen molar-refractivity contribution in [2.45, 2.75) is 31.8 Å². The molecule has 7 rings (SSSR count).